The number of amides is 2. The van der Waals surface area contributed by atoms with E-state index in [1.807, 2.05) is 38.1 Å². The number of ether oxygens (including phenoxy) is 1. The minimum absolute atomic E-state index is 0.0673. The summed E-state index contributed by atoms with van der Waals surface area (Å²) in [7, 11) is 0. The van der Waals surface area contributed by atoms with Gasteiger partial charge >= 0.3 is 12.0 Å². The Hall–Kier alpha value is -2.30. The summed E-state index contributed by atoms with van der Waals surface area (Å²) in [6.45, 7) is 5.07. The lowest BCUT2D eigenvalue weighted by molar-refractivity contribution is -0.143. The number of hydrogen-bond donors (Lipinski definition) is 2. The van der Waals surface area contributed by atoms with E-state index in [0.29, 0.717) is 13.0 Å². The fraction of sp³-hybridized carbons (Fsp3) is 0.615. The second kappa shape index (κ2) is 18.5. The molecule has 0 heterocycles. The normalized spacial score (nSPS) is 10.9. The van der Waals surface area contributed by atoms with Gasteiger partial charge in [0.05, 0.1) is 6.61 Å². The predicted molar refractivity (Wildman–Crippen MR) is 129 cm³/mol. The van der Waals surface area contributed by atoms with Gasteiger partial charge in [0.1, 0.15) is 0 Å². The summed E-state index contributed by atoms with van der Waals surface area (Å²) >= 11 is 0. The highest BCUT2D eigenvalue weighted by Gasteiger charge is 2.01. The van der Waals surface area contributed by atoms with Crippen LogP contribution in [-0.4, -0.2) is 25.2 Å². The first-order valence-electron chi connectivity index (χ1n) is 12.0. The van der Waals surface area contributed by atoms with E-state index in [1.165, 1.54) is 37.7 Å². The molecular formula is C26H42N2O3. The van der Waals surface area contributed by atoms with Gasteiger partial charge in [-0.1, -0.05) is 62.0 Å². The van der Waals surface area contributed by atoms with Crippen molar-refractivity contribution in [2.24, 2.45) is 0 Å². The van der Waals surface area contributed by atoms with E-state index < -0.39 is 0 Å². The van der Waals surface area contributed by atoms with Crippen molar-refractivity contribution in [3.63, 3.8) is 0 Å². The van der Waals surface area contributed by atoms with E-state index >= 15 is 0 Å². The second-order valence-corrected chi connectivity index (χ2v) is 8.03. The SMILES string of the molecule is CCOC(=O)CCCCCCC=CCCCCCCCNC(=O)Nc1ccc(C)cc1. The topological polar surface area (TPSA) is 67.4 Å². The van der Waals surface area contributed by atoms with E-state index in [4.69, 9.17) is 4.74 Å². The van der Waals surface area contributed by atoms with Crippen LogP contribution in [0.5, 0.6) is 0 Å². The molecule has 0 bridgehead atoms. The Labute approximate surface area is 189 Å². The Morgan fingerprint density at radius 3 is 2.06 bits per heavy atom. The van der Waals surface area contributed by atoms with Crippen LogP contribution in [0.15, 0.2) is 36.4 Å². The third-order valence-corrected chi connectivity index (χ3v) is 5.12. The standard InChI is InChI=1S/C26H42N2O3/c1-3-31-25(29)17-15-13-11-9-7-5-4-6-8-10-12-14-16-22-27-26(30)28-24-20-18-23(2)19-21-24/h4-5,18-21H,3,6-17,22H2,1-2H3,(H2,27,28,30). The van der Waals surface area contributed by atoms with Crippen molar-refractivity contribution in [2.75, 3.05) is 18.5 Å². The van der Waals surface area contributed by atoms with Crippen molar-refractivity contribution < 1.29 is 14.3 Å². The zero-order valence-electron chi connectivity index (χ0n) is 19.6. The average molecular weight is 431 g/mol. The number of carbonyl (C=O) groups is 2. The molecule has 5 nitrogen and oxygen atoms in total. The molecule has 0 aliphatic rings. The van der Waals surface area contributed by atoms with Crippen LogP contribution in [0.2, 0.25) is 0 Å². The molecule has 5 heteroatoms. The lowest BCUT2D eigenvalue weighted by atomic mass is 10.1. The number of allylic oxidation sites excluding steroid dienone is 2. The first-order chi connectivity index (χ1) is 15.1. The van der Waals surface area contributed by atoms with Crippen LogP contribution in [-0.2, 0) is 9.53 Å². The molecular weight excluding hydrogens is 388 g/mol. The molecule has 1 rings (SSSR count). The van der Waals surface area contributed by atoms with Gasteiger partial charge < -0.3 is 15.4 Å². The average Bonchev–Trinajstić information content (AvgIpc) is 2.75. The Kier molecular flexibility index (Phi) is 15.9. The van der Waals surface area contributed by atoms with Gasteiger partial charge in [-0.2, -0.15) is 0 Å². The predicted octanol–water partition coefficient (Wildman–Crippen LogP) is 6.92. The van der Waals surface area contributed by atoms with E-state index in [-0.39, 0.29) is 12.0 Å². The molecule has 0 aromatic heterocycles. The molecule has 2 N–H and O–H groups in total. The highest BCUT2D eigenvalue weighted by atomic mass is 16.5. The number of unbranched alkanes of at least 4 members (excludes halogenated alkanes) is 9. The highest BCUT2D eigenvalue weighted by molar-refractivity contribution is 5.89. The van der Waals surface area contributed by atoms with Crippen LogP contribution in [0.3, 0.4) is 0 Å². The van der Waals surface area contributed by atoms with Crippen molar-refractivity contribution in [1.29, 1.82) is 0 Å². The van der Waals surface area contributed by atoms with Crippen LogP contribution in [0.25, 0.3) is 0 Å². The van der Waals surface area contributed by atoms with Gasteiger partial charge in [0.2, 0.25) is 0 Å². The van der Waals surface area contributed by atoms with Crippen LogP contribution in [0.4, 0.5) is 10.5 Å². The van der Waals surface area contributed by atoms with Gasteiger partial charge in [-0.25, -0.2) is 4.79 Å². The van der Waals surface area contributed by atoms with Crippen LogP contribution in [0.1, 0.15) is 89.5 Å². The van der Waals surface area contributed by atoms with Crippen molar-refractivity contribution in [3.05, 3.63) is 42.0 Å². The Morgan fingerprint density at radius 2 is 1.42 bits per heavy atom. The summed E-state index contributed by atoms with van der Waals surface area (Å²) < 4.78 is 4.92. The molecule has 174 valence electrons. The summed E-state index contributed by atoms with van der Waals surface area (Å²) in [4.78, 5) is 23.1. The summed E-state index contributed by atoms with van der Waals surface area (Å²) in [5.41, 5.74) is 2.01. The molecule has 0 spiro atoms. The summed E-state index contributed by atoms with van der Waals surface area (Å²) in [6, 6.07) is 7.67. The first-order valence-corrected chi connectivity index (χ1v) is 12.0. The number of anilines is 1. The lowest BCUT2D eigenvalue weighted by Gasteiger charge is -2.07. The van der Waals surface area contributed by atoms with Crippen LogP contribution in [0, 0.1) is 6.92 Å². The number of rotatable bonds is 17. The molecule has 0 saturated carbocycles. The fourth-order valence-electron chi connectivity index (χ4n) is 3.29. The maximum atomic E-state index is 11.8. The molecule has 1 aromatic carbocycles. The quantitative estimate of drug-likeness (QED) is 0.160. The lowest BCUT2D eigenvalue weighted by Crippen LogP contribution is -2.29. The molecule has 0 aliphatic heterocycles. The number of aryl methyl sites for hydroxylation is 1. The minimum atomic E-state index is -0.131. The van der Waals surface area contributed by atoms with E-state index in [9.17, 15) is 9.59 Å². The number of benzene rings is 1. The highest BCUT2D eigenvalue weighted by Crippen LogP contribution is 2.10. The number of esters is 1. The Bertz CT molecular complexity index is 626. The number of urea groups is 1. The molecule has 0 radical (unpaired) electrons. The zero-order valence-corrected chi connectivity index (χ0v) is 19.6. The van der Waals surface area contributed by atoms with E-state index in [2.05, 4.69) is 22.8 Å². The molecule has 0 atom stereocenters. The Balaban J connectivity index is 1.83. The van der Waals surface area contributed by atoms with Crippen molar-refractivity contribution >= 4 is 17.7 Å². The molecule has 0 unspecified atom stereocenters. The molecule has 0 aliphatic carbocycles. The van der Waals surface area contributed by atoms with Crippen LogP contribution < -0.4 is 10.6 Å². The third kappa shape index (κ3) is 16.1. The zero-order chi connectivity index (χ0) is 22.6. The van der Waals surface area contributed by atoms with Crippen LogP contribution >= 0.6 is 0 Å². The summed E-state index contributed by atoms with van der Waals surface area (Å²) in [5.74, 6) is -0.0673. The van der Waals surface area contributed by atoms with Gasteiger partial charge in [0.15, 0.2) is 0 Å². The van der Waals surface area contributed by atoms with Gasteiger partial charge in [0.25, 0.3) is 0 Å². The number of carbonyl (C=O) groups excluding carboxylic acids is 2. The van der Waals surface area contributed by atoms with Gasteiger partial charge in [-0.3, -0.25) is 4.79 Å². The maximum Gasteiger partial charge on any atom is 0.319 e. The minimum Gasteiger partial charge on any atom is -0.466 e. The van der Waals surface area contributed by atoms with Gasteiger partial charge in [-0.05, 0) is 64.5 Å². The van der Waals surface area contributed by atoms with Crippen molar-refractivity contribution in [3.8, 4) is 0 Å². The van der Waals surface area contributed by atoms with Crippen molar-refractivity contribution in [1.82, 2.24) is 5.32 Å². The number of hydrogen-bond acceptors (Lipinski definition) is 3. The molecule has 0 saturated heterocycles. The van der Waals surface area contributed by atoms with E-state index in [1.54, 1.807) is 0 Å². The molecule has 31 heavy (non-hydrogen) atoms. The third-order valence-electron chi connectivity index (χ3n) is 5.12. The monoisotopic (exact) mass is 430 g/mol. The molecule has 2 amide bonds. The first kappa shape index (κ1) is 26.7. The largest absolute Gasteiger partial charge is 0.466 e. The van der Waals surface area contributed by atoms with Gasteiger partial charge in [0, 0.05) is 18.7 Å². The molecule has 1 aromatic rings. The fourth-order valence-corrected chi connectivity index (χ4v) is 3.29. The Morgan fingerprint density at radius 1 is 0.839 bits per heavy atom. The summed E-state index contributed by atoms with van der Waals surface area (Å²) in [5, 5.41) is 5.77. The second-order valence-electron chi connectivity index (χ2n) is 8.03. The maximum absolute atomic E-state index is 11.8. The van der Waals surface area contributed by atoms with Crippen molar-refractivity contribution in [2.45, 2.75) is 90.9 Å². The number of nitrogens with one attached hydrogen (secondary N) is 2. The van der Waals surface area contributed by atoms with Gasteiger partial charge in [-0.15, -0.1) is 0 Å². The molecule has 0 fully saturated rings. The van der Waals surface area contributed by atoms with E-state index in [0.717, 1.165) is 50.8 Å². The smallest absolute Gasteiger partial charge is 0.319 e. The summed E-state index contributed by atoms with van der Waals surface area (Å²) in [6.07, 6.45) is 17.7.